The Kier molecular flexibility index (Phi) is 5.69. The highest BCUT2D eigenvalue weighted by Gasteiger charge is 2.37. The van der Waals surface area contributed by atoms with E-state index in [2.05, 4.69) is 98.5 Å². The first-order valence-corrected chi connectivity index (χ1v) is 14.0. The minimum atomic E-state index is -0.231. The highest BCUT2D eigenvalue weighted by atomic mass is 16.3. The van der Waals surface area contributed by atoms with Gasteiger partial charge in [0, 0.05) is 22.6 Å². The molecule has 4 nitrogen and oxygen atoms in total. The predicted molar refractivity (Wildman–Crippen MR) is 168 cm³/mol. The molecule has 0 spiro atoms. The van der Waals surface area contributed by atoms with Gasteiger partial charge in [-0.1, -0.05) is 80.6 Å². The molecular formula is C37H31N3O. The molecule has 1 N–H and O–H groups in total. The van der Waals surface area contributed by atoms with Crippen LogP contribution in [0.5, 0.6) is 5.75 Å². The SMILES string of the molecule is Cc1ccnc(N2c3cc(-c4ccccc4)ccc3C(C)(C)c3ccc(-c4ccc5c(C)ccc(O)c5n4)cc32)c1. The van der Waals surface area contributed by atoms with Crippen LogP contribution in [0.25, 0.3) is 33.3 Å². The number of anilines is 3. The van der Waals surface area contributed by atoms with Gasteiger partial charge in [-0.15, -0.1) is 0 Å². The smallest absolute Gasteiger partial charge is 0.141 e. The summed E-state index contributed by atoms with van der Waals surface area (Å²) in [4.78, 5) is 12.1. The molecule has 0 aliphatic carbocycles. The van der Waals surface area contributed by atoms with Gasteiger partial charge in [0.25, 0.3) is 0 Å². The van der Waals surface area contributed by atoms with Crippen LogP contribution in [0.3, 0.4) is 0 Å². The first-order valence-electron chi connectivity index (χ1n) is 14.0. The summed E-state index contributed by atoms with van der Waals surface area (Å²) < 4.78 is 0. The summed E-state index contributed by atoms with van der Waals surface area (Å²) in [5, 5.41) is 11.6. The molecule has 4 heteroatoms. The highest BCUT2D eigenvalue weighted by molar-refractivity contribution is 5.91. The van der Waals surface area contributed by atoms with Gasteiger partial charge in [0.05, 0.1) is 17.1 Å². The lowest BCUT2D eigenvalue weighted by Crippen LogP contribution is -2.31. The molecule has 200 valence electrons. The molecule has 1 aliphatic rings. The molecule has 0 bridgehead atoms. The lowest BCUT2D eigenvalue weighted by molar-refractivity contribution is 0.480. The van der Waals surface area contributed by atoms with Crippen molar-refractivity contribution in [1.82, 2.24) is 9.97 Å². The third kappa shape index (κ3) is 4.06. The largest absolute Gasteiger partial charge is 0.506 e. The number of aromatic nitrogens is 2. The average Bonchev–Trinajstić information content (AvgIpc) is 2.99. The van der Waals surface area contributed by atoms with Crippen molar-refractivity contribution in [3.05, 3.63) is 132 Å². The second-order valence-electron chi connectivity index (χ2n) is 11.5. The summed E-state index contributed by atoms with van der Waals surface area (Å²) >= 11 is 0. The van der Waals surface area contributed by atoms with Crippen molar-refractivity contribution < 1.29 is 5.11 Å². The topological polar surface area (TPSA) is 49.2 Å². The summed E-state index contributed by atoms with van der Waals surface area (Å²) in [6, 6.07) is 35.8. The van der Waals surface area contributed by atoms with Crippen LogP contribution in [0.15, 0.2) is 109 Å². The Morgan fingerprint density at radius 1 is 0.683 bits per heavy atom. The minimum absolute atomic E-state index is 0.194. The van der Waals surface area contributed by atoms with Crippen LogP contribution < -0.4 is 4.90 Å². The summed E-state index contributed by atoms with van der Waals surface area (Å²) in [5.41, 5.74) is 11.5. The number of benzene rings is 4. The Morgan fingerprint density at radius 3 is 2.12 bits per heavy atom. The quantitative estimate of drug-likeness (QED) is 0.246. The lowest BCUT2D eigenvalue weighted by Gasteiger charge is -2.42. The number of phenolic OH excluding ortho intramolecular Hbond substituents is 1. The fraction of sp³-hybridized carbons (Fsp3) is 0.135. The van der Waals surface area contributed by atoms with Crippen LogP contribution in [-0.4, -0.2) is 15.1 Å². The van der Waals surface area contributed by atoms with Crippen molar-refractivity contribution in [3.8, 4) is 28.1 Å². The van der Waals surface area contributed by atoms with Crippen molar-refractivity contribution in [2.45, 2.75) is 33.1 Å². The number of fused-ring (bicyclic) bond motifs is 3. The molecular weight excluding hydrogens is 502 g/mol. The van der Waals surface area contributed by atoms with Gasteiger partial charge >= 0.3 is 0 Å². The Bertz CT molecular complexity index is 1960. The van der Waals surface area contributed by atoms with Crippen molar-refractivity contribution >= 4 is 28.1 Å². The predicted octanol–water partition coefficient (Wildman–Crippen LogP) is 9.40. The second-order valence-corrected chi connectivity index (χ2v) is 11.5. The molecule has 41 heavy (non-hydrogen) atoms. The fourth-order valence-electron chi connectivity index (χ4n) is 6.13. The van der Waals surface area contributed by atoms with Crippen molar-refractivity contribution in [2.75, 3.05) is 4.90 Å². The molecule has 6 aromatic rings. The van der Waals surface area contributed by atoms with E-state index in [1.807, 2.05) is 37.4 Å². The van der Waals surface area contributed by atoms with Gasteiger partial charge in [0.15, 0.2) is 0 Å². The molecule has 0 amide bonds. The highest BCUT2D eigenvalue weighted by Crippen LogP contribution is 2.53. The third-order valence-electron chi connectivity index (χ3n) is 8.41. The van der Waals surface area contributed by atoms with E-state index in [9.17, 15) is 5.11 Å². The zero-order valence-corrected chi connectivity index (χ0v) is 23.7. The van der Waals surface area contributed by atoms with Gasteiger partial charge < -0.3 is 5.11 Å². The molecule has 3 heterocycles. The van der Waals surface area contributed by atoms with Crippen LogP contribution in [0.2, 0.25) is 0 Å². The van der Waals surface area contributed by atoms with Crippen molar-refractivity contribution in [1.29, 1.82) is 0 Å². The number of nitrogens with zero attached hydrogens (tertiary/aromatic N) is 3. The van der Waals surface area contributed by atoms with Gasteiger partial charge in [-0.25, -0.2) is 9.97 Å². The van der Waals surface area contributed by atoms with E-state index in [0.29, 0.717) is 5.52 Å². The molecule has 0 atom stereocenters. The summed E-state index contributed by atoms with van der Waals surface area (Å²) in [6.07, 6.45) is 1.88. The van der Waals surface area contributed by atoms with Gasteiger partial charge in [0.2, 0.25) is 0 Å². The number of pyridine rings is 2. The number of aromatic hydroxyl groups is 1. The standard InChI is InChI=1S/C37H31N3O/c1-23-18-19-38-35(20-23)40-32-21-26(25-8-6-5-7-9-25)11-14-29(32)37(3,4)30-15-12-27(22-33(30)40)31-16-13-28-24(2)10-17-34(41)36(28)39-31/h5-22,41H,1-4H3. The van der Waals surface area contributed by atoms with Gasteiger partial charge in [-0.3, -0.25) is 4.90 Å². The Hall–Kier alpha value is -4.96. The molecule has 0 saturated carbocycles. The normalized spacial score (nSPS) is 13.6. The fourth-order valence-corrected chi connectivity index (χ4v) is 6.13. The van der Waals surface area contributed by atoms with Crippen molar-refractivity contribution in [2.24, 2.45) is 0 Å². The number of aryl methyl sites for hydroxylation is 2. The molecule has 4 aromatic carbocycles. The van der Waals surface area contributed by atoms with Gasteiger partial charge in [0.1, 0.15) is 17.1 Å². The first-order chi connectivity index (χ1) is 19.8. The van der Waals surface area contributed by atoms with E-state index in [1.165, 1.54) is 22.3 Å². The number of phenols is 1. The van der Waals surface area contributed by atoms with Crippen molar-refractivity contribution in [3.63, 3.8) is 0 Å². The Morgan fingerprint density at radius 2 is 1.39 bits per heavy atom. The van der Waals surface area contributed by atoms with Crippen LogP contribution in [0.1, 0.15) is 36.1 Å². The maximum Gasteiger partial charge on any atom is 0.141 e. The average molecular weight is 534 g/mol. The van der Waals surface area contributed by atoms with E-state index < -0.39 is 0 Å². The molecule has 7 rings (SSSR count). The zero-order chi connectivity index (χ0) is 28.3. The van der Waals surface area contributed by atoms with E-state index in [-0.39, 0.29) is 11.2 Å². The summed E-state index contributed by atoms with van der Waals surface area (Å²) in [6.45, 7) is 8.73. The molecule has 0 fully saturated rings. The molecule has 0 saturated heterocycles. The molecule has 0 radical (unpaired) electrons. The number of rotatable bonds is 3. The molecule has 1 aliphatic heterocycles. The third-order valence-corrected chi connectivity index (χ3v) is 8.41. The Labute approximate surface area is 240 Å². The van der Waals surface area contributed by atoms with Gasteiger partial charge in [-0.2, -0.15) is 0 Å². The lowest BCUT2D eigenvalue weighted by atomic mass is 9.73. The van der Waals surface area contributed by atoms with Crippen LogP contribution in [-0.2, 0) is 5.41 Å². The van der Waals surface area contributed by atoms with Crippen LogP contribution in [0.4, 0.5) is 17.2 Å². The summed E-state index contributed by atoms with van der Waals surface area (Å²) in [5.74, 6) is 1.07. The van der Waals surface area contributed by atoms with Crippen LogP contribution in [0, 0.1) is 13.8 Å². The summed E-state index contributed by atoms with van der Waals surface area (Å²) in [7, 11) is 0. The monoisotopic (exact) mass is 533 g/mol. The molecule has 0 unspecified atom stereocenters. The van der Waals surface area contributed by atoms with E-state index >= 15 is 0 Å². The molecule has 2 aromatic heterocycles. The Balaban J connectivity index is 1.47. The number of hydrogen-bond acceptors (Lipinski definition) is 4. The number of hydrogen-bond donors (Lipinski definition) is 1. The van der Waals surface area contributed by atoms with E-state index in [4.69, 9.17) is 9.97 Å². The second kappa shape index (κ2) is 9.31. The maximum absolute atomic E-state index is 10.6. The minimum Gasteiger partial charge on any atom is -0.506 e. The maximum atomic E-state index is 10.6. The zero-order valence-electron chi connectivity index (χ0n) is 23.7. The first kappa shape index (κ1) is 25.0. The van der Waals surface area contributed by atoms with Crippen LogP contribution >= 0.6 is 0 Å². The van der Waals surface area contributed by atoms with E-state index in [0.717, 1.165) is 45.0 Å². The van der Waals surface area contributed by atoms with E-state index in [1.54, 1.807) is 6.07 Å². The van der Waals surface area contributed by atoms with Gasteiger partial charge in [-0.05, 0) is 83.6 Å².